The number of hydrogen-bond acceptors (Lipinski definition) is 2. The first-order valence-corrected chi connectivity index (χ1v) is 4.36. The molecule has 14 heavy (non-hydrogen) atoms. The number of anilines is 1. The van der Waals surface area contributed by atoms with E-state index in [2.05, 4.69) is 17.5 Å². The Labute approximate surface area is 87.1 Å². The van der Waals surface area contributed by atoms with Crippen LogP contribution in [0.3, 0.4) is 0 Å². The molecule has 0 aliphatic carbocycles. The highest BCUT2D eigenvalue weighted by Gasteiger charge is 2.07. The molecular weight excluding hydrogens is 203 g/mol. The van der Waals surface area contributed by atoms with Crippen LogP contribution in [0.5, 0.6) is 5.75 Å². The lowest BCUT2D eigenvalue weighted by molar-refractivity contribution is 0.407. The van der Waals surface area contributed by atoms with E-state index in [1.165, 1.54) is 13.2 Å². The van der Waals surface area contributed by atoms with E-state index in [0.717, 1.165) is 0 Å². The van der Waals surface area contributed by atoms with Crippen LogP contribution >= 0.6 is 12.2 Å². The smallest absolute Gasteiger partial charge is 0.168 e. The van der Waals surface area contributed by atoms with Crippen LogP contribution in [0.25, 0.3) is 0 Å². The lowest BCUT2D eigenvalue weighted by atomic mass is 10.2. The fourth-order valence-electron chi connectivity index (χ4n) is 1.08. The zero-order chi connectivity index (χ0) is 10.7. The first-order valence-electron chi connectivity index (χ1n) is 3.95. The van der Waals surface area contributed by atoms with Crippen LogP contribution in [-0.2, 0) is 0 Å². The summed E-state index contributed by atoms with van der Waals surface area (Å²) in [4.78, 5) is 0. The fourth-order valence-corrected chi connectivity index (χ4v) is 1.20. The maximum Gasteiger partial charge on any atom is 0.168 e. The van der Waals surface area contributed by atoms with Gasteiger partial charge in [0.2, 0.25) is 0 Å². The number of nitrogens with one attached hydrogen (secondary N) is 1. The van der Waals surface area contributed by atoms with Crippen LogP contribution in [0, 0.1) is 12.7 Å². The minimum Gasteiger partial charge on any atom is -0.496 e. The van der Waals surface area contributed by atoms with Crippen molar-refractivity contribution in [3.05, 3.63) is 23.5 Å². The molecule has 0 spiro atoms. The van der Waals surface area contributed by atoms with Gasteiger partial charge in [-0.05, 0) is 25.2 Å². The number of hydrogen-bond donors (Lipinski definition) is 2. The first kappa shape index (κ1) is 10.7. The third-order valence-electron chi connectivity index (χ3n) is 1.78. The summed E-state index contributed by atoms with van der Waals surface area (Å²) >= 11 is 4.64. The van der Waals surface area contributed by atoms with Gasteiger partial charge >= 0.3 is 0 Å². The SMILES string of the molecule is COc1cc(NC(N)=S)cc(F)c1C. The zero-order valence-corrected chi connectivity index (χ0v) is 8.74. The van der Waals surface area contributed by atoms with Gasteiger partial charge in [-0.25, -0.2) is 4.39 Å². The fraction of sp³-hybridized carbons (Fsp3) is 0.222. The van der Waals surface area contributed by atoms with Crippen LogP contribution in [0.15, 0.2) is 12.1 Å². The molecule has 0 saturated carbocycles. The van der Waals surface area contributed by atoms with Gasteiger partial charge in [0.1, 0.15) is 11.6 Å². The van der Waals surface area contributed by atoms with Crippen LogP contribution in [0.2, 0.25) is 0 Å². The van der Waals surface area contributed by atoms with Crippen molar-refractivity contribution in [3.8, 4) is 5.75 Å². The van der Waals surface area contributed by atoms with Crippen molar-refractivity contribution in [2.45, 2.75) is 6.92 Å². The van der Waals surface area contributed by atoms with Gasteiger partial charge in [-0.1, -0.05) is 0 Å². The summed E-state index contributed by atoms with van der Waals surface area (Å²) in [5.41, 5.74) is 6.20. The Morgan fingerprint density at radius 2 is 2.21 bits per heavy atom. The molecule has 0 amide bonds. The van der Waals surface area contributed by atoms with E-state index < -0.39 is 0 Å². The van der Waals surface area contributed by atoms with Gasteiger partial charge in [-0.3, -0.25) is 0 Å². The summed E-state index contributed by atoms with van der Waals surface area (Å²) in [5.74, 6) is 0.104. The molecule has 1 rings (SSSR count). The predicted molar refractivity (Wildman–Crippen MR) is 58.1 cm³/mol. The van der Waals surface area contributed by atoms with E-state index in [9.17, 15) is 4.39 Å². The number of ether oxygens (including phenoxy) is 1. The highest BCUT2D eigenvalue weighted by Crippen LogP contribution is 2.25. The molecule has 0 aliphatic heterocycles. The quantitative estimate of drug-likeness (QED) is 0.737. The molecule has 3 N–H and O–H groups in total. The minimum absolute atomic E-state index is 0.0929. The van der Waals surface area contributed by atoms with Gasteiger partial charge in [0.05, 0.1) is 7.11 Å². The van der Waals surface area contributed by atoms with E-state index in [1.54, 1.807) is 13.0 Å². The Balaban J connectivity index is 3.09. The lowest BCUT2D eigenvalue weighted by Crippen LogP contribution is -2.19. The molecule has 0 saturated heterocycles. The molecule has 76 valence electrons. The van der Waals surface area contributed by atoms with Crippen molar-refractivity contribution in [2.24, 2.45) is 5.73 Å². The molecular formula is C9H11FN2OS. The van der Waals surface area contributed by atoms with Gasteiger partial charge in [-0.2, -0.15) is 0 Å². The molecule has 1 aromatic carbocycles. The monoisotopic (exact) mass is 214 g/mol. The molecule has 0 aliphatic rings. The second kappa shape index (κ2) is 4.23. The maximum atomic E-state index is 13.3. The van der Waals surface area contributed by atoms with Crippen molar-refractivity contribution in [3.63, 3.8) is 0 Å². The number of rotatable bonds is 2. The van der Waals surface area contributed by atoms with Crippen molar-refractivity contribution in [1.29, 1.82) is 0 Å². The summed E-state index contributed by atoms with van der Waals surface area (Å²) in [6, 6.07) is 2.95. The van der Waals surface area contributed by atoms with Gasteiger partial charge in [0.25, 0.3) is 0 Å². The van der Waals surface area contributed by atoms with Crippen molar-refractivity contribution in [2.75, 3.05) is 12.4 Å². The van der Waals surface area contributed by atoms with E-state index in [-0.39, 0.29) is 10.9 Å². The highest BCUT2D eigenvalue weighted by atomic mass is 32.1. The molecule has 3 nitrogen and oxygen atoms in total. The lowest BCUT2D eigenvalue weighted by Gasteiger charge is -2.09. The van der Waals surface area contributed by atoms with Crippen molar-refractivity contribution < 1.29 is 9.13 Å². The maximum absolute atomic E-state index is 13.3. The predicted octanol–water partition coefficient (Wildman–Crippen LogP) is 1.80. The van der Waals surface area contributed by atoms with Crippen LogP contribution in [0.4, 0.5) is 10.1 Å². The molecule has 0 unspecified atom stereocenters. The summed E-state index contributed by atoms with van der Waals surface area (Å²) in [6.45, 7) is 1.64. The molecule has 0 radical (unpaired) electrons. The third-order valence-corrected chi connectivity index (χ3v) is 1.89. The van der Waals surface area contributed by atoms with Crippen LogP contribution in [-0.4, -0.2) is 12.2 Å². The number of methoxy groups -OCH3 is 1. The molecule has 5 heteroatoms. The Kier molecular flexibility index (Phi) is 3.24. The van der Waals surface area contributed by atoms with Crippen molar-refractivity contribution >= 4 is 23.0 Å². The molecule has 0 atom stereocenters. The average molecular weight is 214 g/mol. The highest BCUT2D eigenvalue weighted by molar-refractivity contribution is 7.80. The van der Waals surface area contributed by atoms with Gasteiger partial charge in [-0.15, -0.1) is 0 Å². The number of benzene rings is 1. The largest absolute Gasteiger partial charge is 0.496 e. The average Bonchev–Trinajstić information content (AvgIpc) is 2.10. The molecule has 0 aromatic heterocycles. The second-order valence-electron chi connectivity index (χ2n) is 2.77. The Bertz CT molecular complexity index is 368. The summed E-state index contributed by atoms with van der Waals surface area (Å²) < 4.78 is 18.3. The normalized spacial score (nSPS) is 9.64. The van der Waals surface area contributed by atoms with Gasteiger partial charge < -0.3 is 15.8 Å². The van der Waals surface area contributed by atoms with E-state index in [0.29, 0.717) is 17.0 Å². The Morgan fingerprint density at radius 3 is 2.71 bits per heavy atom. The minimum atomic E-state index is -0.358. The van der Waals surface area contributed by atoms with Crippen LogP contribution in [0.1, 0.15) is 5.56 Å². The topological polar surface area (TPSA) is 47.3 Å². The number of halogens is 1. The standard InChI is InChI=1S/C9H11FN2OS/c1-5-7(10)3-6(12-9(11)14)4-8(5)13-2/h3-4H,1-2H3,(H3,11,12,14). The molecule has 0 fully saturated rings. The summed E-state index contributed by atoms with van der Waals surface area (Å²) in [6.07, 6.45) is 0. The second-order valence-corrected chi connectivity index (χ2v) is 3.21. The number of nitrogens with two attached hydrogens (primary N) is 1. The third kappa shape index (κ3) is 2.32. The summed E-state index contributed by atoms with van der Waals surface area (Å²) in [5, 5.41) is 2.73. The summed E-state index contributed by atoms with van der Waals surface area (Å²) in [7, 11) is 1.48. The zero-order valence-electron chi connectivity index (χ0n) is 7.93. The Hall–Kier alpha value is -1.36. The molecule has 1 aromatic rings. The van der Waals surface area contributed by atoms with E-state index in [1.807, 2.05) is 0 Å². The van der Waals surface area contributed by atoms with Gasteiger partial charge in [0, 0.05) is 17.3 Å². The van der Waals surface area contributed by atoms with E-state index >= 15 is 0 Å². The van der Waals surface area contributed by atoms with Crippen LogP contribution < -0.4 is 15.8 Å². The Morgan fingerprint density at radius 1 is 1.57 bits per heavy atom. The number of thiocarbonyl (C=S) groups is 1. The molecule has 0 bridgehead atoms. The van der Waals surface area contributed by atoms with Gasteiger partial charge in [0.15, 0.2) is 5.11 Å². The van der Waals surface area contributed by atoms with Crippen molar-refractivity contribution in [1.82, 2.24) is 0 Å². The molecule has 0 heterocycles. The van der Waals surface area contributed by atoms with E-state index in [4.69, 9.17) is 10.5 Å². The first-order chi connectivity index (χ1) is 6.54.